The minimum Gasteiger partial charge on any atom is -0.481 e. The molecule has 9 N–H and O–H groups in total. The fourth-order valence-electron chi connectivity index (χ4n) is 6.60. The van der Waals surface area contributed by atoms with Crippen molar-refractivity contribution < 1.29 is 62.5 Å². The Morgan fingerprint density at radius 3 is 1.46 bits per heavy atom. The Bertz CT molecular complexity index is 2800. The zero-order chi connectivity index (χ0) is 53.7. The number of anilines is 7. The summed E-state index contributed by atoms with van der Waals surface area (Å²) in [5.74, 6) is -3.64. The molecule has 0 aliphatic heterocycles. The zero-order valence-corrected chi connectivity index (χ0v) is 41.4. The highest BCUT2D eigenvalue weighted by Crippen LogP contribution is 2.21. The van der Waals surface area contributed by atoms with E-state index in [1.165, 1.54) is 33.8 Å². The lowest BCUT2D eigenvalue weighted by Crippen LogP contribution is -2.28. The monoisotopic (exact) mass is 1030 g/mol. The number of carboxylic acid groups (broad SMARTS) is 1. The molecule has 0 atom stereocenters. The molecule has 29 nitrogen and oxygen atoms in total. The third kappa shape index (κ3) is 18.5. The highest BCUT2D eigenvalue weighted by Gasteiger charge is 2.20. The number of rotatable bonds is 30. The van der Waals surface area contributed by atoms with Gasteiger partial charge in [0.25, 0.3) is 11.8 Å². The van der Waals surface area contributed by atoms with Crippen LogP contribution < -0.4 is 42.5 Å². The van der Waals surface area contributed by atoms with Crippen LogP contribution in [0.5, 0.6) is 0 Å². The van der Waals surface area contributed by atoms with E-state index in [4.69, 9.17) is 19.3 Å². The predicted octanol–water partition coefficient (Wildman–Crippen LogP) is 1.14. The summed E-state index contributed by atoms with van der Waals surface area (Å²) in [4.78, 5) is 124. The maximum Gasteiger partial charge on any atom is 0.305 e. The molecule has 5 rings (SSSR count). The zero-order valence-electron chi connectivity index (χ0n) is 41.4. The van der Waals surface area contributed by atoms with Crippen molar-refractivity contribution in [3.63, 3.8) is 0 Å². The lowest BCUT2D eigenvalue weighted by atomic mass is 10.3. The van der Waals surface area contributed by atoms with Crippen LogP contribution in [-0.4, -0.2) is 142 Å². The first-order chi connectivity index (χ1) is 35.3. The van der Waals surface area contributed by atoms with Crippen LogP contribution in [0.25, 0.3) is 0 Å². The van der Waals surface area contributed by atoms with Gasteiger partial charge in [0.2, 0.25) is 47.2 Å². The number of carbonyl (C=O) groups excluding carboxylic acids is 8. The number of hydrogen-bond donors (Lipinski definition) is 9. The molecule has 0 aromatic carbocycles. The first-order valence-corrected chi connectivity index (χ1v) is 23.0. The van der Waals surface area contributed by atoms with Gasteiger partial charge in [-0.1, -0.05) is 0 Å². The van der Waals surface area contributed by atoms with Crippen LogP contribution in [-0.2, 0) is 83.0 Å². The van der Waals surface area contributed by atoms with Crippen molar-refractivity contribution in [2.24, 2.45) is 35.2 Å². The van der Waals surface area contributed by atoms with Crippen molar-refractivity contribution in [3.05, 3.63) is 61.0 Å². The normalized spacial score (nSPS) is 10.9. The molecule has 29 heteroatoms. The van der Waals surface area contributed by atoms with Gasteiger partial charge < -0.3 is 79.4 Å². The average Bonchev–Trinajstić information content (AvgIpc) is 4.17. The van der Waals surface area contributed by atoms with Crippen LogP contribution in [0.4, 0.5) is 40.6 Å². The van der Waals surface area contributed by atoms with E-state index in [1.807, 2.05) is 0 Å². The van der Waals surface area contributed by atoms with Gasteiger partial charge in [-0.05, 0) is 0 Å². The van der Waals surface area contributed by atoms with Gasteiger partial charge in [-0.25, -0.2) is 9.97 Å². The van der Waals surface area contributed by atoms with Crippen molar-refractivity contribution in [2.45, 2.75) is 44.9 Å². The van der Waals surface area contributed by atoms with Crippen LogP contribution in [0.15, 0.2) is 49.3 Å². The quantitative estimate of drug-likeness (QED) is 0.0291. The Kier molecular flexibility index (Phi) is 21.1. The third-order valence-electron chi connectivity index (χ3n) is 10.3. The first-order valence-electron chi connectivity index (χ1n) is 23.0. The van der Waals surface area contributed by atoms with Gasteiger partial charge in [0.1, 0.15) is 11.6 Å². The number of amides is 8. The van der Waals surface area contributed by atoms with E-state index in [0.29, 0.717) is 36.2 Å². The first kappa shape index (κ1) is 56.2. The SMILES string of the molecule is Cn1cc(NC(=O)c2nc(NC(=O)CCC(=O)Nc3cc(NC(=O)c4nccn4C)cn3C)cn2C)cc1NC(=O)CCC(=O)Nc1cn(C)c(NC(=O)CCC(=O)NCCOCCOCCOCCC(=O)O)n1. The van der Waals surface area contributed by atoms with E-state index in [2.05, 4.69) is 57.5 Å². The molecule has 5 heterocycles. The number of aryl methyl sites for hydroxylation is 5. The number of nitrogens with zero attached hydrogens (tertiary/aromatic N) is 8. The summed E-state index contributed by atoms with van der Waals surface area (Å²) >= 11 is 0. The molecule has 0 saturated carbocycles. The van der Waals surface area contributed by atoms with Crippen molar-refractivity contribution in [1.29, 1.82) is 0 Å². The van der Waals surface area contributed by atoms with Gasteiger partial charge in [-0.3, -0.25) is 48.5 Å². The van der Waals surface area contributed by atoms with Gasteiger partial charge >= 0.3 is 5.97 Å². The summed E-state index contributed by atoms with van der Waals surface area (Å²) in [5, 5.41) is 29.8. The second-order valence-corrected chi connectivity index (χ2v) is 16.4. The fraction of sp³-hybridized carbons (Fsp3) is 0.422. The second-order valence-electron chi connectivity index (χ2n) is 16.4. The number of ether oxygens (including phenoxy) is 3. The molecule has 74 heavy (non-hydrogen) atoms. The maximum atomic E-state index is 13.2. The lowest BCUT2D eigenvalue weighted by Gasteiger charge is -2.08. The van der Waals surface area contributed by atoms with Gasteiger partial charge in [0.05, 0.1) is 57.4 Å². The molecule has 0 aliphatic rings. The molecule has 0 saturated heterocycles. The molecule has 0 aliphatic carbocycles. The Morgan fingerprint density at radius 1 is 0.473 bits per heavy atom. The number of imidazole rings is 3. The number of aromatic nitrogens is 8. The molecule has 5 aromatic heterocycles. The smallest absolute Gasteiger partial charge is 0.305 e. The number of aliphatic carboxylic acids is 1. The minimum atomic E-state index is -0.934. The average molecular weight is 1030 g/mol. The molecule has 398 valence electrons. The lowest BCUT2D eigenvalue weighted by molar-refractivity contribution is -0.138. The van der Waals surface area contributed by atoms with Crippen LogP contribution in [0.3, 0.4) is 0 Å². The largest absolute Gasteiger partial charge is 0.481 e. The number of carbonyl (C=O) groups is 9. The van der Waals surface area contributed by atoms with E-state index in [0.717, 1.165) is 0 Å². The summed E-state index contributed by atoms with van der Waals surface area (Å²) in [6.45, 7) is 1.72. The Labute approximate surface area is 423 Å². The third-order valence-corrected chi connectivity index (χ3v) is 10.3. The van der Waals surface area contributed by atoms with Crippen LogP contribution in [0.1, 0.15) is 66.2 Å². The molecule has 5 aromatic rings. The Balaban J connectivity index is 0.949. The van der Waals surface area contributed by atoms with Crippen molar-refractivity contribution in [3.8, 4) is 0 Å². The molecule has 0 radical (unpaired) electrons. The Hall–Kier alpha value is -8.70. The Morgan fingerprint density at radius 2 is 0.932 bits per heavy atom. The fourth-order valence-corrected chi connectivity index (χ4v) is 6.60. The molecule has 8 amide bonds. The van der Waals surface area contributed by atoms with E-state index in [9.17, 15) is 43.2 Å². The van der Waals surface area contributed by atoms with E-state index < -0.39 is 47.3 Å². The summed E-state index contributed by atoms with van der Waals surface area (Å²) in [6.07, 6.45) is 8.11. The van der Waals surface area contributed by atoms with Gasteiger partial charge in [-0.15, -0.1) is 0 Å². The van der Waals surface area contributed by atoms with E-state index >= 15 is 0 Å². The standard InChI is InChI=1S/C45H60N16O13/c1-57-15-13-47-41(57)43(70)48-28-22-32(58(2)24-28)54-37(65)10-8-35(63)50-30-26-60(4)42(52-30)44(71)49-29-23-33(59(3)25-29)55-38(66)11-9-36(64)51-31-27-61(5)45(53-31)56-39(67)7-6-34(62)46-14-17-73-19-21-74-20-18-72-16-12-40(68)69/h13,15,22-27H,6-12,14,16-21H2,1-5H3,(H,46,62)(H,48,70)(H,49,71)(H,50,63)(H,51,64)(H,54,65)(H,55,66)(H,68,69)(H,53,56,67). The molecular weight excluding hydrogens is 973 g/mol. The topological polar surface area (TPSA) is 361 Å². The highest BCUT2D eigenvalue weighted by molar-refractivity contribution is 6.04. The molecule has 0 spiro atoms. The van der Waals surface area contributed by atoms with Crippen molar-refractivity contribution in [2.75, 3.05) is 83.4 Å². The summed E-state index contributed by atoms with van der Waals surface area (Å²) in [7, 11) is 8.15. The second kappa shape index (κ2) is 27.8. The van der Waals surface area contributed by atoms with Crippen molar-refractivity contribution in [1.82, 2.24) is 43.1 Å². The number of hydrogen-bond acceptors (Lipinski definition) is 15. The summed E-state index contributed by atoms with van der Waals surface area (Å²) in [5.41, 5.74) is 0.742. The van der Waals surface area contributed by atoms with E-state index in [1.54, 1.807) is 73.6 Å². The molecular formula is C45H60N16O13. The predicted molar refractivity (Wildman–Crippen MR) is 265 cm³/mol. The molecule has 0 fully saturated rings. The number of carboxylic acids is 1. The van der Waals surface area contributed by atoms with Crippen LogP contribution >= 0.6 is 0 Å². The van der Waals surface area contributed by atoms with Crippen molar-refractivity contribution >= 4 is 93.8 Å². The number of nitrogens with one attached hydrogen (secondary N) is 8. The van der Waals surface area contributed by atoms with Gasteiger partial charge in [-0.2, -0.15) is 4.98 Å². The van der Waals surface area contributed by atoms with Gasteiger partial charge in [0.15, 0.2) is 17.5 Å². The van der Waals surface area contributed by atoms with E-state index in [-0.39, 0.29) is 113 Å². The summed E-state index contributed by atoms with van der Waals surface area (Å²) in [6, 6.07) is 3.07. The molecule has 0 bridgehead atoms. The highest BCUT2D eigenvalue weighted by atomic mass is 16.5. The van der Waals surface area contributed by atoms with Crippen LogP contribution in [0, 0.1) is 0 Å². The molecule has 0 unspecified atom stereocenters. The minimum absolute atomic E-state index is 0.0492. The summed E-state index contributed by atoms with van der Waals surface area (Å²) < 4.78 is 23.4. The van der Waals surface area contributed by atoms with Crippen LogP contribution in [0.2, 0.25) is 0 Å². The van der Waals surface area contributed by atoms with Gasteiger partial charge in [0, 0.05) is 130 Å². The maximum absolute atomic E-state index is 13.2.